The molecule has 0 unspecified atom stereocenters. The zero-order chi connectivity index (χ0) is 22.8. The molecule has 0 spiro atoms. The average Bonchev–Trinajstić information content (AvgIpc) is 3.14. The number of hydrogen-bond acceptors (Lipinski definition) is 10. The second kappa shape index (κ2) is 9.67. The van der Waals surface area contributed by atoms with Crippen molar-refractivity contribution in [1.82, 2.24) is 0 Å². The molecule has 0 saturated carbocycles. The quantitative estimate of drug-likeness (QED) is 0.271. The van der Waals surface area contributed by atoms with Crippen LogP contribution in [0.5, 0.6) is 0 Å². The van der Waals surface area contributed by atoms with Crippen LogP contribution in [0.3, 0.4) is 0 Å². The van der Waals surface area contributed by atoms with Gasteiger partial charge in [-0.05, 0) is 23.8 Å². The fraction of sp³-hybridized carbons (Fsp3) is 0.500. The summed E-state index contributed by atoms with van der Waals surface area (Å²) >= 11 is 0. The largest absolute Gasteiger partial charge is 0.472 e. The number of carbonyl (C=O) groups excluding carboxylic acids is 1. The first-order valence-corrected chi connectivity index (χ1v) is 10.3. The highest BCUT2D eigenvalue weighted by Crippen LogP contribution is 2.41. The molecule has 174 valence electrons. The van der Waals surface area contributed by atoms with E-state index in [1.807, 2.05) is 0 Å². The molecule has 9 atom stereocenters. The molecule has 2 heterocycles. The van der Waals surface area contributed by atoms with Gasteiger partial charge in [-0.15, -0.1) is 0 Å². The number of aliphatic hydroxyl groups excluding tert-OH is 5. The van der Waals surface area contributed by atoms with Gasteiger partial charge in [0.2, 0.25) is 6.29 Å². The maximum absolute atomic E-state index is 12.3. The monoisotopic (exact) mass is 450 g/mol. The Hall–Kier alpha value is -2.31. The molecule has 3 aliphatic rings. The van der Waals surface area contributed by atoms with Crippen LogP contribution in [0, 0.1) is 11.8 Å². The molecule has 0 aromatic heterocycles. The van der Waals surface area contributed by atoms with Gasteiger partial charge in [-0.1, -0.05) is 24.3 Å². The molecule has 4 rings (SSSR count). The van der Waals surface area contributed by atoms with Crippen molar-refractivity contribution in [3.63, 3.8) is 0 Å². The topological polar surface area (TPSA) is 155 Å². The third-order valence-electron chi connectivity index (χ3n) is 5.92. The molecule has 1 aromatic rings. The molecule has 1 saturated heterocycles. The van der Waals surface area contributed by atoms with Crippen LogP contribution in [0.1, 0.15) is 10.4 Å². The first-order chi connectivity index (χ1) is 15.4. The van der Waals surface area contributed by atoms with Crippen LogP contribution in [0.25, 0.3) is 0 Å². The predicted molar refractivity (Wildman–Crippen MR) is 107 cm³/mol. The van der Waals surface area contributed by atoms with E-state index >= 15 is 0 Å². The lowest BCUT2D eigenvalue weighted by atomic mass is 9.88. The van der Waals surface area contributed by atoms with E-state index in [9.17, 15) is 30.3 Å². The van der Waals surface area contributed by atoms with Crippen molar-refractivity contribution in [2.45, 2.75) is 43.1 Å². The zero-order valence-corrected chi connectivity index (χ0v) is 17.0. The van der Waals surface area contributed by atoms with E-state index in [1.165, 1.54) is 6.26 Å². The van der Waals surface area contributed by atoms with Crippen LogP contribution >= 0.6 is 0 Å². The molecular weight excluding hydrogens is 424 g/mol. The van der Waals surface area contributed by atoms with Gasteiger partial charge in [0, 0.05) is 5.92 Å². The molecule has 0 radical (unpaired) electrons. The highest BCUT2D eigenvalue weighted by Gasteiger charge is 2.49. The Morgan fingerprint density at radius 3 is 2.47 bits per heavy atom. The summed E-state index contributed by atoms with van der Waals surface area (Å²) in [5.74, 6) is -1.52. The van der Waals surface area contributed by atoms with Crippen molar-refractivity contribution in [3.05, 3.63) is 59.9 Å². The smallest absolute Gasteiger partial charge is 0.338 e. The summed E-state index contributed by atoms with van der Waals surface area (Å²) in [5, 5.41) is 50.0. The summed E-state index contributed by atoms with van der Waals surface area (Å²) in [6.07, 6.45) is -4.61. The number of fused-ring (bicyclic) bond motifs is 1. The van der Waals surface area contributed by atoms with Crippen LogP contribution in [0.15, 0.2) is 54.3 Å². The van der Waals surface area contributed by atoms with Gasteiger partial charge in [-0.3, -0.25) is 0 Å². The predicted octanol–water partition coefficient (Wildman–Crippen LogP) is -0.937. The molecule has 1 aliphatic carbocycles. The van der Waals surface area contributed by atoms with Crippen molar-refractivity contribution >= 4 is 5.97 Å². The van der Waals surface area contributed by atoms with Crippen LogP contribution < -0.4 is 0 Å². The van der Waals surface area contributed by atoms with E-state index in [2.05, 4.69) is 0 Å². The molecule has 0 amide bonds. The van der Waals surface area contributed by atoms with Crippen LogP contribution in [0.2, 0.25) is 0 Å². The Labute approximate surface area is 183 Å². The molecule has 10 nitrogen and oxygen atoms in total. The Morgan fingerprint density at radius 1 is 1.00 bits per heavy atom. The first-order valence-electron chi connectivity index (χ1n) is 10.3. The van der Waals surface area contributed by atoms with Gasteiger partial charge < -0.3 is 44.5 Å². The lowest BCUT2D eigenvalue weighted by Crippen LogP contribution is -2.60. The number of aliphatic hydroxyl groups is 5. The lowest BCUT2D eigenvalue weighted by Gasteiger charge is -2.42. The fourth-order valence-corrected chi connectivity index (χ4v) is 4.17. The Morgan fingerprint density at radius 2 is 1.75 bits per heavy atom. The molecule has 1 aromatic carbocycles. The SMILES string of the molecule is O=C(OCC1=C[C@H](O)[C@H]2C=CO[C@@H](O[C@@H]3O[C@H](CO)[C@H](O)[C@H](O)[C@H]3O)[C@H]12)c1ccccc1. The van der Waals surface area contributed by atoms with E-state index in [0.29, 0.717) is 11.1 Å². The summed E-state index contributed by atoms with van der Waals surface area (Å²) in [6.45, 7) is -0.709. The van der Waals surface area contributed by atoms with Gasteiger partial charge in [-0.25, -0.2) is 4.79 Å². The Balaban J connectivity index is 1.46. The second-order valence-corrected chi connectivity index (χ2v) is 7.94. The lowest BCUT2D eigenvalue weighted by molar-refractivity contribution is -0.339. The number of carbonyl (C=O) groups is 1. The fourth-order valence-electron chi connectivity index (χ4n) is 4.17. The van der Waals surface area contributed by atoms with Crippen molar-refractivity contribution in [2.24, 2.45) is 11.8 Å². The molecule has 5 N–H and O–H groups in total. The summed E-state index contributed by atoms with van der Waals surface area (Å²) in [6, 6.07) is 8.47. The Bertz CT molecular complexity index is 854. The number of ether oxygens (including phenoxy) is 4. The minimum absolute atomic E-state index is 0.113. The number of esters is 1. The van der Waals surface area contributed by atoms with E-state index < -0.39 is 67.5 Å². The third-order valence-corrected chi connectivity index (χ3v) is 5.92. The van der Waals surface area contributed by atoms with Gasteiger partial charge in [-0.2, -0.15) is 0 Å². The van der Waals surface area contributed by atoms with Crippen molar-refractivity contribution in [2.75, 3.05) is 13.2 Å². The summed E-state index contributed by atoms with van der Waals surface area (Å²) < 4.78 is 22.1. The molecule has 0 bridgehead atoms. The van der Waals surface area contributed by atoms with Crippen molar-refractivity contribution < 1.29 is 49.3 Å². The van der Waals surface area contributed by atoms with E-state index in [1.54, 1.807) is 42.5 Å². The van der Waals surface area contributed by atoms with E-state index in [-0.39, 0.29) is 6.61 Å². The van der Waals surface area contributed by atoms with Crippen molar-refractivity contribution in [3.8, 4) is 0 Å². The zero-order valence-electron chi connectivity index (χ0n) is 17.0. The highest BCUT2D eigenvalue weighted by atomic mass is 16.8. The summed E-state index contributed by atoms with van der Waals surface area (Å²) in [5.41, 5.74) is 0.947. The van der Waals surface area contributed by atoms with Gasteiger partial charge in [0.1, 0.15) is 31.0 Å². The Kier molecular flexibility index (Phi) is 6.91. The molecular formula is C22H26O10. The van der Waals surface area contributed by atoms with Crippen LogP contribution in [0.4, 0.5) is 0 Å². The van der Waals surface area contributed by atoms with E-state index in [0.717, 1.165) is 0 Å². The summed E-state index contributed by atoms with van der Waals surface area (Å²) in [7, 11) is 0. The van der Waals surface area contributed by atoms with Gasteiger partial charge >= 0.3 is 5.97 Å². The number of hydrogen-bond donors (Lipinski definition) is 5. The van der Waals surface area contributed by atoms with Crippen molar-refractivity contribution in [1.29, 1.82) is 0 Å². The molecule has 10 heteroatoms. The van der Waals surface area contributed by atoms with Gasteiger partial charge in [0.15, 0.2) is 6.29 Å². The standard InChI is InChI=1S/C22H26O10/c23-9-15-17(25)18(26)19(27)22(31-15)32-21-16-12(8-14(24)13(16)6-7-29-21)10-30-20(28)11-4-2-1-3-5-11/h1-8,13-19,21-27H,9-10H2/t13-,14+,15-,16-,17+,18+,19-,21+,22+/m1/s1. The molecule has 2 aliphatic heterocycles. The average molecular weight is 450 g/mol. The number of benzene rings is 1. The highest BCUT2D eigenvalue weighted by molar-refractivity contribution is 5.89. The third kappa shape index (κ3) is 4.44. The first kappa shape index (κ1) is 22.9. The molecule has 32 heavy (non-hydrogen) atoms. The van der Waals surface area contributed by atoms with Gasteiger partial charge in [0.25, 0.3) is 0 Å². The minimum atomic E-state index is -1.60. The van der Waals surface area contributed by atoms with Crippen LogP contribution in [-0.2, 0) is 18.9 Å². The maximum Gasteiger partial charge on any atom is 0.338 e. The second-order valence-electron chi connectivity index (χ2n) is 7.94. The van der Waals surface area contributed by atoms with Gasteiger partial charge in [0.05, 0.1) is 30.5 Å². The number of rotatable bonds is 6. The van der Waals surface area contributed by atoms with E-state index in [4.69, 9.17) is 18.9 Å². The summed E-state index contributed by atoms with van der Waals surface area (Å²) in [4.78, 5) is 12.3. The maximum atomic E-state index is 12.3. The normalized spacial score (nSPS) is 38.5. The minimum Gasteiger partial charge on any atom is -0.472 e. The van der Waals surface area contributed by atoms with Crippen LogP contribution in [-0.4, -0.2) is 87.8 Å². The molecule has 1 fully saturated rings.